The molecule has 0 saturated heterocycles. The number of hydrazone groups is 1. The zero-order valence-corrected chi connectivity index (χ0v) is 12.2. The van der Waals surface area contributed by atoms with Gasteiger partial charge >= 0.3 is 0 Å². The Morgan fingerprint density at radius 2 is 2.15 bits per heavy atom. The summed E-state index contributed by atoms with van der Waals surface area (Å²) in [5.41, 5.74) is 4.63. The Hall–Kier alpha value is -1.55. The van der Waals surface area contributed by atoms with Crippen molar-refractivity contribution >= 4 is 29.0 Å². The number of nitrogens with zero attached hydrogens (tertiary/aromatic N) is 1. The molecular weight excluding hydrogens is 276 g/mol. The highest BCUT2D eigenvalue weighted by molar-refractivity contribution is 6.33. The summed E-state index contributed by atoms with van der Waals surface area (Å²) in [5, 5.41) is 15.4. The molecule has 0 unspecified atom stereocenters. The van der Waals surface area contributed by atoms with Crippen molar-refractivity contribution in [3.63, 3.8) is 0 Å². The van der Waals surface area contributed by atoms with E-state index in [1.807, 2.05) is 0 Å². The molecule has 1 aromatic rings. The molecule has 20 heavy (non-hydrogen) atoms. The van der Waals surface area contributed by atoms with Crippen LogP contribution in [0.1, 0.15) is 49.4 Å². The van der Waals surface area contributed by atoms with E-state index in [1.165, 1.54) is 31.4 Å². The van der Waals surface area contributed by atoms with Crippen molar-refractivity contribution < 1.29 is 9.90 Å². The summed E-state index contributed by atoms with van der Waals surface area (Å²) in [6, 6.07) is 4.68. The van der Waals surface area contributed by atoms with Crippen molar-refractivity contribution in [2.24, 2.45) is 11.0 Å². The van der Waals surface area contributed by atoms with Gasteiger partial charge in [-0.15, -0.1) is 0 Å². The van der Waals surface area contributed by atoms with Crippen molar-refractivity contribution in [1.82, 2.24) is 0 Å². The summed E-state index contributed by atoms with van der Waals surface area (Å²) in [7, 11) is 0. The zero-order chi connectivity index (χ0) is 14.5. The fraction of sp³-hybridized carbons (Fsp3) is 0.467. The van der Waals surface area contributed by atoms with E-state index < -0.39 is 5.97 Å². The van der Waals surface area contributed by atoms with Crippen LogP contribution >= 0.6 is 11.6 Å². The first kappa shape index (κ1) is 14.9. The van der Waals surface area contributed by atoms with Crippen LogP contribution in [0.2, 0.25) is 5.02 Å². The van der Waals surface area contributed by atoms with Gasteiger partial charge in [-0.25, -0.2) is 0 Å². The summed E-state index contributed by atoms with van der Waals surface area (Å²) in [5.74, 6) is -0.469. The van der Waals surface area contributed by atoms with Gasteiger partial charge in [-0.3, -0.25) is 5.43 Å². The maximum atomic E-state index is 10.9. The Balaban J connectivity index is 2.01. The molecule has 0 radical (unpaired) electrons. The lowest BCUT2D eigenvalue weighted by Crippen LogP contribution is -2.22. The Bertz CT molecular complexity index is 519. The average Bonchev–Trinajstić information content (AvgIpc) is 2.46. The van der Waals surface area contributed by atoms with Gasteiger partial charge in [-0.2, -0.15) is 5.10 Å². The predicted molar refractivity (Wildman–Crippen MR) is 79.1 cm³/mol. The molecule has 0 spiro atoms. The molecule has 5 heteroatoms. The molecule has 1 aliphatic carbocycles. The molecule has 0 bridgehead atoms. The highest BCUT2D eigenvalue weighted by atomic mass is 35.5. The van der Waals surface area contributed by atoms with Gasteiger partial charge in [0.05, 0.1) is 11.7 Å². The average molecular weight is 294 g/mol. The van der Waals surface area contributed by atoms with Gasteiger partial charge in [0, 0.05) is 16.3 Å². The fourth-order valence-electron chi connectivity index (χ4n) is 2.43. The van der Waals surface area contributed by atoms with E-state index in [-0.39, 0.29) is 10.6 Å². The molecular formula is C15H18ClN2O2-. The highest BCUT2D eigenvalue weighted by Gasteiger charge is 2.15. The van der Waals surface area contributed by atoms with Crippen LogP contribution in [0.25, 0.3) is 0 Å². The first-order chi connectivity index (χ1) is 9.60. The number of hydrogen-bond acceptors (Lipinski definition) is 4. The Labute approximate surface area is 123 Å². The number of rotatable bonds is 4. The van der Waals surface area contributed by atoms with Crippen LogP contribution in [0.4, 0.5) is 5.69 Å². The molecule has 0 aliphatic heterocycles. The van der Waals surface area contributed by atoms with E-state index in [0.29, 0.717) is 5.69 Å². The molecule has 2 rings (SSSR count). The minimum absolute atomic E-state index is 0.0217. The van der Waals surface area contributed by atoms with Gasteiger partial charge in [0.1, 0.15) is 0 Å². The summed E-state index contributed by atoms with van der Waals surface area (Å²) in [6.45, 7) is 2.22. The second-order valence-corrected chi connectivity index (χ2v) is 5.53. The Morgan fingerprint density at radius 1 is 1.45 bits per heavy atom. The van der Waals surface area contributed by atoms with Crippen molar-refractivity contribution in [3.8, 4) is 0 Å². The Morgan fingerprint density at radius 3 is 2.75 bits per heavy atom. The second-order valence-electron chi connectivity index (χ2n) is 5.12. The van der Waals surface area contributed by atoms with Gasteiger partial charge in [0.15, 0.2) is 0 Å². The Kier molecular flexibility index (Phi) is 5.01. The van der Waals surface area contributed by atoms with Gasteiger partial charge in [0.2, 0.25) is 0 Å². The van der Waals surface area contributed by atoms with Crippen LogP contribution in [0.15, 0.2) is 23.3 Å². The van der Waals surface area contributed by atoms with E-state index in [4.69, 9.17) is 11.6 Å². The molecule has 1 N–H and O–H groups in total. The van der Waals surface area contributed by atoms with E-state index in [1.54, 1.807) is 6.07 Å². The number of aromatic carboxylic acids is 1. The minimum Gasteiger partial charge on any atom is -0.545 e. The fourth-order valence-corrected chi connectivity index (χ4v) is 2.62. The third-order valence-electron chi connectivity index (χ3n) is 3.79. The number of nitrogens with one attached hydrogen (secondary N) is 1. The number of carboxylic acid groups (broad SMARTS) is 1. The quantitative estimate of drug-likeness (QED) is 0.868. The summed E-state index contributed by atoms with van der Waals surface area (Å²) in [6.07, 6.45) is 5.61. The van der Waals surface area contributed by atoms with E-state index in [0.717, 1.165) is 24.5 Å². The molecule has 4 nitrogen and oxygen atoms in total. The predicted octanol–water partition coefficient (Wildman–Crippen LogP) is 3.07. The van der Waals surface area contributed by atoms with E-state index in [2.05, 4.69) is 17.5 Å². The molecule has 1 aliphatic rings. The first-order valence-corrected chi connectivity index (χ1v) is 7.30. The van der Waals surface area contributed by atoms with Crippen LogP contribution in [0.5, 0.6) is 0 Å². The summed E-state index contributed by atoms with van der Waals surface area (Å²) >= 11 is 5.79. The monoisotopic (exact) mass is 293 g/mol. The van der Waals surface area contributed by atoms with Crippen molar-refractivity contribution in [3.05, 3.63) is 28.8 Å². The summed E-state index contributed by atoms with van der Waals surface area (Å²) in [4.78, 5) is 10.9. The van der Waals surface area contributed by atoms with Gasteiger partial charge in [-0.05, 0) is 49.8 Å². The highest BCUT2D eigenvalue weighted by Crippen LogP contribution is 2.25. The number of carbonyl (C=O) groups excluding carboxylic acids is 1. The smallest absolute Gasteiger partial charge is 0.0731 e. The molecule has 1 saturated carbocycles. The minimum atomic E-state index is -1.28. The lowest BCUT2D eigenvalue weighted by atomic mass is 9.86. The van der Waals surface area contributed by atoms with Gasteiger partial charge < -0.3 is 9.90 Å². The van der Waals surface area contributed by atoms with Gasteiger partial charge in [-0.1, -0.05) is 24.9 Å². The molecule has 1 fully saturated rings. The number of carboxylic acids is 1. The number of hydrogen-bond donors (Lipinski definition) is 1. The topological polar surface area (TPSA) is 64.5 Å². The standard InChI is InChI=1S/C15H19ClN2O2/c1-2-10-3-5-11(6-4-10)17-18-12-7-8-14(16)13(9-12)15(19)20/h7-10,18H,2-6H2,1H3,(H,19,20)/p-1. The third kappa shape index (κ3) is 3.73. The summed E-state index contributed by atoms with van der Waals surface area (Å²) < 4.78 is 0. The molecule has 1 aromatic carbocycles. The largest absolute Gasteiger partial charge is 0.545 e. The molecule has 0 heterocycles. The number of anilines is 1. The van der Waals surface area contributed by atoms with Crippen LogP contribution in [-0.2, 0) is 0 Å². The van der Waals surface area contributed by atoms with E-state index in [9.17, 15) is 9.90 Å². The molecule has 0 amide bonds. The zero-order valence-electron chi connectivity index (χ0n) is 11.5. The molecule has 0 atom stereocenters. The maximum absolute atomic E-state index is 10.9. The van der Waals surface area contributed by atoms with Crippen molar-refractivity contribution in [1.29, 1.82) is 0 Å². The van der Waals surface area contributed by atoms with Crippen molar-refractivity contribution in [2.45, 2.75) is 39.0 Å². The van der Waals surface area contributed by atoms with Crippen LogP contribution in [0, 0.1) is 5.92 Å². The van der Waals surface area contributed by atoms with Crippen LogP contribution in [0.3, 0.4) is 0 Å². The number of benzene rings is 1. The lowest BCUT2D eigenvalue weighted by Gasteiger charge is -2.21. The van der Waals surface area contributed by atoms with Gasteiger partial charge in [0.25, 0.3) is 0 Å². The van der Waals surface area contributed by atoms with Crippen molar-refractivity contribution in [2.75, 3.05) is 5.43 Å². The van der Waals surface area contributed by atoms with Crippen LogP contribution < -0.4 is 10.5 Å². The first-order valence-electron chi connectivity index (χ1n) is 6.92. The second kappa shape index (κ2) is 6.75. The maximum Gasteiger partial charge on any atom is 0.0731 e. The lowest BCUT2D eigenvalue weighted by molar-refractivity contribution is -0.255. The third-order valence-corrected chi connectivity index (χ3v) is 4.12. The number of carbonyl (C=O) groups is 1. The normalized spacial score (nSPS) is 18.7. The molecule has 0 aromatic heterocycles. The molecule has 108 valence electrons. The SMILES string of the molecule is CCC1CCC(=NNc2ccc(Cl)c(C(=O)[O-])c2)CC1. The number of halogens is 1. The van der Waals surface area contributed by atoms with E-state index >= 15 is 0 Å². The van der Waals surface area contributed by atoms with Crippen LogP contribution in [-0.4, -0.2) is 11.7 Å².